The van der Waals surface area contributed by atoms with E-state index >= 15 is 0 Å². The summed E-state index contributed by atoms with van der Waals surface area (Å²) in [5.74, 6) is 0. The average Bonchev–Trinajstić information content (AvgIpc) is 2.37. The molecule has 0 aliphatic carbocycles. The van der Waals surface area contributed by atoms with Gasteiger partial charge in [-0.2, -0.15) is 13.2 Å². The van der Waals surface area contributed by atoms with Crippen molar-refractivity contribution >= 4 is 24.8 Å². The summed E-state index contributed by atoms with van der Waals surface area (Å²) < 4.78 is 37.6. The first-order valence-electron chi connectivity index (χ1n) is 6.16. The SMILES string of the molecule is Cl.Cl.FC(F)(F)c1cccc(CNC2CCCNC2)c1. The Labute approximate surface area is 129 Å². The molecule has 2 nitrogen and oxygen atoms in total. The van der Waals surface area contributed by atoms with E-state index in [-0.39, 0.29) is 24.8 Å². The van der Waals surface area contributed by atoms with Gasteiger partial charge in [0.25, 0.3) is 0 Å². The maximum Gasteiger partial charge on any atom is 0.416 e. The largest absolute Gasteiger partial charge is 0.416 e. The highest BCUT2D eigenvalue weighted by Gasteiger charge is 2.30. The Morgan fingerprint density at radius 1 is 1.25 bits per heavy atom. The van der Waals surface area contributed by atoms with Crippen molar-refractivity contribution in [2.45, 2.75) is 31.6 Å². The monoisotopic (exact) mass is 330 g/mol. The lowest BCUT2D eigenvalue weighted by Crippen LogP contribution is -2.42. The smallest absolute Gasteiger partial charge is 0.315 e. The van der Waals surface area contributed by atoms with Gasteiger partial charge in [0.05, 0.1) is 5.56 Å². The van der Waals surface area contributed by atoms with Crippen molar-refractivity contribution in [2.75, 3.05) is 13.1 Å². The third kappa shape index (κ3) is 5.87. The number of halogens is 5. The Balaban J connectivity index is 0.00000180. The Kier molecular flexibility index (Phi) is 8.51. The van der Waals surface area contributed by atoms with Crippen molar-refractivity contribution in [3.8, 4) is 0 Å². The molecule has 0 saturated carbocycles. The molecule has 0 aromatic heterocycles. The van der Waals surface area contributed by atoms with Crippen molar-refractivity contribution in [3.63, 3.8) is 0 Å². The lowest BCUT2D eigenvalue weighted by atomic mass is 10.1. The second-order valence-corrected chi connectivity index (χ2v) is 4.62. The molecule has 1 saturated heterocycles. The van der Waals surface area contributed by atoms with Gasteiger partial charge in [0, 0.05) is 19.1 Å². The van der Waals surface area contributed by atoms with Gasteiger partial charge in [-0.25, -0.2) is 0 Å². The summed E-state index contributed by atoms with van der Waals surface area (Å²) in [6.07, 6.45) is -2.07. The van der Waals surface area contributed by atoms with Gasteiger partial charge in [0.2, 0.25) is 0 Å². The van der Waals surface area contributed by atoms with Crippen LogP contribution < -0.4 is 10.6 Å². The first-order chi connectivity index (χ1) is 8.55. The van der Waals surface area contributed by atoms with Crippen LogP contribution in [0.3, 0.4) is 0 Å². The molecule has 1 aromatic rings. The summed E-state index contributed by atoms with van der Waals surface area (Å²) in [7, 11) is 0. The fraction of sp³-hybridized carbons (Fsp3) is 0.538. The molecule has 1 aliphatic heterocycles. The van der Waals surface area contributed by atoms with Gasteiger partial charge in [0.1, 0.15) is 0 Å². The Bertz CT molecular complexity index is 393. The molecular formula is C13H19Cl2F3N2. The Morgan fingerprint density at radius 2 is 2.00 bits per heavy atom. The molecule has 116 valence electrons. The van der Waals surface area contributed by atoms with E-state index in [4.69, 9.17) is 0 Å². The Hall–Kier alpha value is -0.490. The van der Waals surface area contributed by atoms with Gasteiger partial charge < -0.3 is 10.6 Å². The minimum Gasteiger partial charge on any atom is -0.315 e. The van der Waals surface area contributed by atoms with Gasteiger partial charge in [0.15, 0.2) is 0 Å². The summed E-state index contributed by atoms with van der Waals surface area (Å²) in [5.41, 5.74) is 0.0963. The van der Waals surface area contributed by atoms with E-state index in [1.54, 1.807) is 6.07 Å². The summed E-state index contributed by atoms with van der Waals surface area (Å²) in [6.45, 7) is 2.40. The minimum atomic E-state index is -4.26. The van der Waals surface area contributed by atoms with Crippen molar-refractivity contribution in [1.29, 1.82) is 0 Å². The summed E-state index contributed by atoms with van der Waals surface area (Å²) in [5, 5.41) is 6.55. The molecule has 0 bridgehead atoms. The molecule has 1 aromatic carbocycles. The van der Waals surface area contributed by atoms with Crippen LogP contribution in [0.1, 0.15) is 24.0 Å². The molecule has 20 heavy (non-hydrogen) atoms. The molecule has 7 heteroatoms. The maximum absolute atomic E-state index is 12.5. The third-order valence-corrected chi connectivity index (χ3v) is 3.15. The molecule has 2 N–H and O–H groups in total. The van der Waals surface area contributed by atoms with Gasteiger partial charge in [-0.05, 0) is 31.0 Å². The van der Waals surface area contributed by atoms with E-state index in [0.29, 0.717) is 18.2 Å². The molecule has 1 heterocycles. The molecule has 2 rings (SSSR count). The summed E-state index contributed by atoms with van der Waals surface area (Å²) in [4.78, 5) is 0. The zero-order chi connectivity index (χ0) is 13.0. The van der Waals surface area contributed by atoms with Crippen LogP contribution in [0.4, 0.5) is 13.2 Å². The van der Waals surface area contributed by atoms with E-state index in [2.05, 4.69) is 10.6 Å². The number of hydrogen-bond donors (Lipinski definition) is 2. The van der Waals surface area contributed by atoms with Crippen LogP contribution in [0.5, 0.6) is 0 Å². The quantitative estimate of drug-likeness (QED) is 0.887. The normalized spacial score (nSPS) is 18.9. The van der Waals surface area contributed by atoms with E-state index in [1.807, 2.05) is 0 Å². The lowest BCUT2D eigenvalue weighted by Gasteiger charge is -2.24. The van der Waals surface area contributed by atoms with E-state index < -0.39 is 11.7 Å². The predicted molar refractivity (Wildman–Crippen MR) is 78.7 cm³/mol. The van der Waals surface area contributed by atoms with E-state index in [9.17, 15) is 13.2 Å². The second kappa shape index (κ2) is 8.72. The number of benzene rings is 1. The topological polar surface area (TPSA) is 24.1 Å². The van der Waals surface area contributed by atoms with Crippen LogP contribution in [0.2, 0.25) is 0 Å². The number of alkyl halides is 3. The summed E-state index contributed by atoms with van der Waals surface area (Å²) in [6, 6.07) is 5.85. The predicted octanol–water partition coefficient (Wildman–Crippen LogP) is 3.39. The number of piperidine rings is 1. The standard InChI is InChI=1S/C13H17F3N2.2ClH/c14-13(15,16)11-4-1-3-10(7-11)8-18-12-5-2-6-17-9-12;;/h1,3-4,7,12,17-18H,2,5-6,8-9H2;2*1H. The van der Waals surface area contributed by atoms with Gasteiger partial charge in [-0.15, -0.1) is 24.8 Å². The molecule has 0 amide bonds. The first-order valence-corrected chi connectivity index (χ1v) is 6.16. The number of rotatable bonds is 3. The zero-order valence-electron chi connectivity index (χ0n) is 10.9. The average molecular weight is 331 g/mol. The fourth-order valence-electron chi connectivity index (χ4n) is 2.15. The number of hydrogen-bond acceptors (Lipinski definition) is 2. The Morgan fingerprint density at radius 3 is 2.60 bits per heavy atom. The minimum absolute atomic E-state index is 0. The van der Waals surface area contributed by atoms with Crippen LogP contribution in [0.25, 0.3) is 0 Å². The van der Waals surface area contributed by atoms with Gasteiger partial charge in [-0.1, -0.05) is 18.2 Å². The van der Waals surface area contributed by atoms with Crippen molar-refractivity contribution in [1.82, 2.24) is 10.6 Å². The maximum atomic E-state index is 12.5. The van der Waals surface area contributed by atoms with Gasteiger partial charge in [-0.3, -0.25) is 0 Å². The molecule has 1 fully saturated rings. The van der Waals surface area contributed by atoms with Crippen LogP contribution in [-0.4, -0.2) is 19.1 Å². The van der Waals surface area contributed by atoms with Crippen molar-refractivity contribution in [3.05, 3.63) is 35.4 Å². The third-order valence-electron chi connectivity index (χ3n) is 3.15. The highest BCUT2D eigenvalue weighted by molar-refractivity contribution is 5.85. The van der Waals surface area contributed by atoms with Gasteiger partial charge >= 0.3 is 6.18 Å². The molecule has 0 spiro atoms. The van der Waals surface area contributed by atoms with Crippen LogP contribution in [0.15, 0.2) is 24.3 Å². The molecule has 1 atom stereocenters. The number of nitrogens with one attached hydrogen (secondary N) is 2. The van der Waals surface area contributed by atoms with Crippen LogP contribution in [0, 0.1) is 0 Å². The zero-order valence-corrected chi connectivity index (χ0v) is 12.5. The molecule has 0 radical (unpaired) electrons. The van der Waals surface area contributed by atoms with E-state index in [1.165, 1.54) is 12.1 Å². The van der Waals surface area contributed by atoms with Crippen molar-refractivity contribution < 1.29 is 13.2 Å². The van der Waals surface area contributed by atoms with Crippen molar-refractivity contribution in [2.24, 2.45) is 0 Å². The summed E-state index contributed by atoms with van der Waals surface area (Å²) >= 11 is 0. The van der Waals surface area contributed by atoms with E-state index in [0.717, 1.165) is 32.0 Å². The molecule has 1 unspecified atom stereocenters. The fourth-order valence-corrected chi connectivity index (χ4v) is 2.15. The van der Waals surface area contributed by atoms with Crippen LogP contribution in [-0.2, 0) is 12.7 Å². The molecule has 1 aliphatic rings. The molecular weight excluding hydrogens is 312 g/mol. The first kappa shape index (κ1) is 19.5. The highest BCUT2D eigenvalue weighted by Crippen LogP contribution is 2.29. The highest BCUT2D eigenvalue weighted by atomic mass is 35.5. The van der Waals surface area contributed by atoms with Crippen LogP contribution >= 0.6 is 24.8 Å². The second-order valence-electron chi connectivity index (χ2n) is 4.62. The lowest BCUT2D eigenvalue weighted by molar-refractivity contribution is -0.137.